The minimum absolute atomic E-state index is 0.103. The average molecular weight is 311 g/mol. The maximum absolute atomic E-state index is 11.2. The molecule has 5 nitrogen and oxygen atoms in total. The second-order valence-electron chi connectivity index (χ2n) is 5.77. The highest BCUT2D eigenvalue weighted by Gasteiger charge is 2.35. The highest BCUT2D eigenvalue weighted by Crippen LogP contribution is 2.34. The van der Waals surface area contributed by atoms with E-state index < -0.39 is 9.84 Å². The van der Waals surface area contributed by atoms with E-state index in [-0.39, 0.29) is 17.6 Å². The van der Waals surface area contributed by atoms with Crippen LogP contribution in [-0.2, 0) is 9.84 Å². The standard InChI is InChI=1S/C15H21NO4S/c1-19-14-5-4-11(12-3-2-6-16-8-12)7-15(14)20-13-9-21(17,18)10-13/h4-5,7,12-13,16H,2-3,6,8-10H2,1H3. The van der Waals surface area contributed by atoms with E-state index in [0.717, 1.165) is 19.5 Å². The molecule has 6 heteroatoms. The Morgan fingerprint density at radius 1 is 1.24 bits per heavy atom. The van der Waals surface area contributed by atoms with Gasteiger partial charge >= 0.3 is 0 Å². The summed E-state index contributed by atoms with van der Waals surface area (Å²) in [5.74, 6) is 2.00. The van der Waals surface area contributed by atoms with Crippen LogP contribution < -0.4 is 14.8 Å². The summed E-state index contributed by atoms with van der Waals surface area (Å²) in [5, 5.41) is 3.40. The van der Waals surface area contributed by atoms with Crippen LogP contribution >= 0.6 is 0 Å². The van der Waals surface area contributed by atoms with E-state index in [9.17, 15) is 8.42 Å². The van der Waals surface area contributed by atoms with Gasteiger partial charge in [-0.15, -0.1) is 0 Å². The molecule has 0 saturated carbocycles. The SMILES string of the molecule is COc1ccc(C2CCCNC2)cc1OC1CS(=O)(=O)C1. The van der Waals surface area contributed by atoms with Gasteiger partial charge in [0.25, 0.3) is 0 Å². The van der Waals surface area contributed by atoms with E-state index in [0.29, 0.717) is 17.4 Å². The summed E-state index contributed by atoms with van der Waals surface area (Å²) >= 11 is 0. The summed E-state index contributed by atoms with van der Waals surface area (Å²) in [5.41, 5.74) is 1.22. The fraction of sp³-hybridized carbons (Fsp3) is 0.600. The maximum Gasteiger partial charge on any atom is 0.161 e. The van der Waals surface area contributed by atoms with E-state index in [1.807, 2.05) is 12.1 Å². The van der Waals surface area contributed by atoms with Crippen LogP contribution in [0.1, 0.15) is 24.3 Å². The van der Waals surface area contributed by atoms with Crippen LogP contribution in [0.15, 0.2) is 18.2 Å². The monoisotopic (exact) mass is 311 g/mol. The van der Waals surface area contributed by atoms with E-state index in [4.69, 9.17) is 9.47 Å². The van der Waals surface area contributed by atoms with Gasteiger partial charge in [0.1, 0.15) is 6.10 Å². The molecule has 21 heavy (non-hydrogen) atoms. The molecule has 1 aromatic rings. The van der Waals surface area contributed by atoms with Gasteiger partial charge in [0.2, 0.25) is 0 Å². The molecule has 3 rings (SSSR count). The molecule has 1 N–H and O–H groups in total. The van der Waals surface area contributed by atoms with Crippen molar-refractivity contribution in [3.8, 4) is 11.5 Å². The Morgan fingerprint density at radius 3 is 2.67 bits per heavy atom. The van der Waals surface area contributed by atoms with Crippen molar-refractivity contribution in [2.24, 2.45) is 0 Å². The topological polar surface area (TPSA) is 64.6 Å². The van der Waals surface area contributed by atoms with Crippen LogP contribution in [0.5, 0.6) is 11.5 Å². The summed E-state index contributed by atoms with van der Waals surface area (Å²) in [4.78, 5) is 0. The van der Waals surface area contributed by atoms with Crippen LogP contribution in [0, 0.1) is 0 Å². The normalized spacial score (nSPS) is 25.1. The lowest BCUT2D eigenvalue weighted by Gasteiger charge is -2.28. The number of benzene rings is 1. The van der Waals surface area contributed by atoms with Crippen molar-refractivity contribution in [1.82, 2.24) is 5.32 Å². The summed E-state index contributed by atoms with van der Waals surface area (Å²) in [6.07, 6.45) is 2.09. The van der Waals surface area contributed by atoms with Crippen molar-refractivity contribution in [2.75, 3.05) is 31.7 Å². The van der Waals surface area contributed by atoms with Gasteiger partial charge in [-0.1, -0.05) is 6.07 Å². The molecule has 1 atom stereocenters. The van der Waals surface area contributed by atoms with Gasteiger partial charge < -0.3 is 14.8 Å². The number of sulfone groups is 1. The molecule has 1 unspecified atom stereocenters. The molecular weight excluding hydrogens is 290 g/mol. The van der Waals surface area contributed by atoms with Crippen LogP contribution in [0.4, 0.5) is 0 Å². The van der Waals surface area contributed by atoms with Crippen LogP contribution in [0.3, 0.4) is 0 Å². The number of methoxy groups -OCH3 is 1. The van der Waals surface area contributed by atoms with Crippen LogP contribution in [0.2, 0.25) is 0 Å². The van der Waals surface area contributed by atoms with Crippen molar-refractivity contribution < 1.29 is 17.9 Å². The molecule has 0 radical (unpaired) electrons. The fourth-order valence-corrected chi connectivity index (χ4v) is 4.11. The van der Waals surface area contributed by atoms with Gasteiger partial charge in [-0.3, -0.25) is 0 Å². The molecule has 0 aromatic heterocycles. The fourth-order valence-electron chi connectivity index (χ4n) is 2.94. The van der Waals surface area contributed by atoms with E-state index in [1.54, 1.807) is 7.11 Å². The Morgan fingerprint density at radius 2 is 2.05 bits per heavy atom. The van der Waals surface area contributed by atoms with Crippen LogP contribution in [-0.4, -0.2) is 46.2 Å². The average Bonchev–Trinajstić information content (AvgIpc) is 2.46. The number of ether oxygens (including phenoxy) is 2. The Bertz CT molecular complexity index is 596. The molecule has 116 valence electrons. The third-order valence-corrected chi connectivity index (χ3v) is 5.89. The second-order valence-corrected chi connectivity index (χ2v) is 7.92. The Labute approximate surface area is 125 Å². The molecule has 0 aliphatic carbocycles. The van der Waals surface area contributed by atoms with Gasteiger partial charge in [-0.2, -0.15) is 0 Å². The molecule has 1 aromatic carbocycles. The lowest BCUT2D eigenvalue weighted by molar-refractivity contribution is 0.219. The Hall–Kier alpha value is -1.27. The van der Waals surface area contributed by atoms with E-state index in [1.165, 1.54) is 12.0 Å². The van der Waals surface area contributed by atoms with Crippen LogP contribution in [0.25, 0.3) is 0 Å². The first-order chi connectivity index (χ1) is 10.1. The molecule has 2 heterocycles. The minimum atomic E-state index is -2.88. The molecule has 2 saturated heterocycles. The Kier molecular flexibility index (Phi) is 4.08. The van der Waals surface area contributed by atoms with Gasteiger partial charge in [0, 0.05) is 6.54 Å². The Balaban J connectivity index is 1.76. The smallest absolute Gasteiger partial charge is 0.161 e. The lowest BCUT2D eigenvalue weighted by atomic mass is 9.91. The maximum atomic E-state index is 11.2. The molecule has 0 amide bonds. The number of piperidine rings is 1. The zero-order valence-electron chi connectivity index (χ0n) is 12.2. The summed E-state index contributed by atoms with van der Waals surface area (Å²) in [6, 6.07) is 5.98. The second kappa shape index (κ2) is 5.85. The first-order valence-electron chi connectivity index (χ1n) is 7.33. The van der Waals surface area contributed by atoms with Gasteiger partial charge in [-0.25, -0.2) is 8.42 Å². The molecule has 2 aliphatic heterocycles. The van der Waals surface area contributed by atoms with Gasteiger partial charge in [0.15, 0.2) is 21.3 Å². The summed E-state index contributed by atoms with van der Waals surface area (Å²) in [7, 11) is -1.28. The number of hydrogen-bond donors (Lipinski definition) is 1. The molecule has 2 fully saturated rings. The number of hydrogen-bond acceptors (Lipinski definition) is 5. The summed E-state index contributed by atoms with van der Waals surface area (Å²) in [6.45, 7) is 2.06. The van der Waals surface area contributed by atoms with E-state index >= 15 is 0 Å². The molecule has 2 aliphatic rings. The van der Waals surface area contributed by atoms with Gasteiger partial charge in [-0.05, 0) is 43.0 Å². The highest BCUT2D eigenvalue weighted by atomic mass is 32.2. The van der Waals surface area contributed by atoms with Crippen molar-refractivity contribution in [3.63, 3.8) is 0 Å². The van der Waals surface area contributed by atoms with Crippen molar-refractivity contribution in [3.05, 3.63) is 23.8 Å². The first-order valence-corrected chi connectivity index (χ1v) is 9.15. The first kappa shape index (κ1) is 14.7. The third-order valence-electron chi connectivity index (χ3n) is 4.13. The van der Waals surface area contributed by atoms with E-state index in [2.05, 4.69) is 11.4 Å². The predicted octanol–water partition coefficient (Wildman–Crippen LogP) is 1.34. The zero-order chi connectivity index (χ0) is 14.9. The third kappa shape index (κ3) is 3.32. The van der Waals surface area contributed by atoms with Crippen molar-refractivity contribution in [1.29, 1.82) is 0 Å². The lowest BCUT2D eigenvalue weighted by Crippen LogP contribution is -2.45. The summed E-state index contributed by atoms with van der Waals surface area (Å²) < 4.78 is 33.6. The molecular formula is C15H21NO4S. The largest absolute Gasteiger partial charge is 0.493 e. The van der Waals surface area contributed by atoms with Crippen molar-refractivity contribution in [2.45, 2.75) is 24.9 Å². The number of nitrogens with one attached hydrogen (secondary N) is 1. The van der Waals surface area contributed by atoms with Gasteiger partial charge in [0.05, 0.1) is 18.6 Å². The minimum Gasteiger partial charge on any atom is -0.493 e. The quantitative estimate of drug-likeness (QED) is 0.909. The predicted molar refractivity (Wildman–Crippen MR) is 80.9 cm³/mol. The van der Waals surface area contributed by atoms with Crippen molar-refractivity contribution >= 4 is 9.84 Å². The number of rotatable bonds is 4. The molecule has 0 bridgehead atoms. The highest BCUT2D eigenvalue weighted by molar-refractivity contribution is 7.92. The zero-order valence-corrected chi connectivity index (χ0v) is 13.0. The molecule has 0 spiro atoms.